The molecule has 0 spiro atoms. The number of nitrogens with one attached hydrogen (secondary N) is 1. The van der Waals surface area contributed by atoms with E-state index in [-0.39, 0.29) is 23.0 Å². The van der Waals surface area contributed by atoms with E-state index >= 15 is 0 Å². The van der Waals surface area contributed by atoms with Crippen LogP contribution in [-0.2, 0) is 22.6 Å². The van der Waals surface area contributed by atoms with Crippen molar-refractivity contribution < 1.29 is 23.5 Å². The first kappa shape index (κ1) is 28.3. The minimum absolute atomic E-state index is 0.0288. The third-order valence-electron chi connectivity index (χ3n) is 6.17. The molecule has 0 aliphatic carbocycles. The maximum Gasteiger partial charge on any atom is 0.408 e. The van der Waals surface area contributed by atoms with Gasteiger partial charge in [0.1, 0.15) is 18.2 Å². The van der Waals surface area contributed by atoms with E-state index in [0.717, 1.165) is 16.7 Å². The molecule has 9 heteroatoms. The highest BCUT2D eigenvalue weighted by atomic mass is 35.5. The number of esters is 1. The lowest BCUT2D eigenvalue weighted by molar-refractivity contribution is -0.136. The molecule has 0 saturated carbocycles. The first-order valence-corrected chi connectivity index (χ1v) is 14.1. The van der Waals surface area contributed by atoms with Gasteiger partial charge in [-0.3, -0.25) is 0 Å². The van der Waals surface area contributed by atoms with Crippen LogP contribution in [0.15, 0.2) is 82.0 Å². The lowest BCUT2D eigenvalue weighted by Gasteiger charge is -2.18. The molecule has 202 valence electrons. The molecule has 3 aromatic carbocycles. The molecule has 1 heterocycles. The number of fused-ring (bicyclic) bond motifs is 1. The van der Waals surface area contributed by atoms with Gasteiger partial charge in [-0.25, -0.2) is 14.4 Å². The van der Waals surface area contributed by atoms with Crippen molar-refractivity contribution in [1.82, 2.24) is 5.32 Å². The normalized spacial score (nSPS) is 11.7. The highest BCUT2D eigenvalue weighted by Gasteiger charge is 2.25. The van der Waals surface area contributed by atoms with Crippen LogP contribution in [0.5, 0.6) is 5.75 Å². The monoisotopic (exact) mass is 565 g/mol. The van der Waals surface area contributed by atoms with E-state index in [4.69, 9.17) is 25.5 Å². The van der Waals surface area contributed by atoms with E-state index in [2.05, 4.69) is 5.32 Å². The second-order valence-corrected chi connectivity index (χ2v) is 10.3. The molecule has 7 nitrogen and oxygen atoms in total. The second-order valence-electron chi connectivity index (χ2n) is 8.90. The fourth-order valence-electron chi connectivity index (χ4n) is 4.04. The van der Waals surface area contributed by atoms with E-state index in [1.54, 1.807) is 6.07 Å². The highest BCUT2D eigenvalue weighted by Crippen LogP contribution is 2.32. The molecule has 0 fully saturated rings. The van der Waals surface area contributed by atoms with Gasteiger partial charge in [-0.1, -0.05) is 72.3 Å². The summed E-state index contributed by atoms with van der Waals surface area (Å²) < 4.78 is 16.4. The van der Waals surface area contributed by atoms with Crippen molar-refractivity contribution in [3.05, 3.63) is 110 Å². The van der Waals surface area contributed by atoms with Gasteiger partial charge in [-0.2, -0.15) is 11.8 Å². The number of carbonyl (C=O) groups is 2. The Morgan fingerprint density at radius 2 is 1.69 bits per heavy atom. The van der Waals surface area contributed by atoms with Crippen molar-refractivity contribution in [2.45, 2.75) is 32.4 Å². The summed E-state index contributed by atoms with van der Waals surface area (Å²) in [5.41, 5.74) is 2.86. The number of hydrogen-bond acceptors (Lipinski definition) is 7. The molecule has 4 aromatic rings. The predicted molar refractivity (Wildman–Crippen MR) is 154 cm³/mol. The molecular weight excluding hydrogens is 538 g/mol. The number of carbonyl (C=O) groups excluding carboxylic acids is 2. The van der Waals surface area contributed by atoms with Crippen molar-refractivity contribution in [2.24, 2.45) is 0 Å². The van der Waals surface area contributed by atoms with Crippen LogP contribution < -0.4 is 15.7 Å². The Balaban J connectivity index is 1.51. The van der Waals surface area contributed by atoms with Crippen LogP contribution in [0.3, 0.4) is 0 Å². The molecule has 1 aromatic heterocycles. The Hall–Kier alpha value is -3.75. The van der Waals surface area contributed by atoms with E-state index in [9.17, 15) is 14.4 Å². The number of thioether (sulfide) groups is 1. The van der Waals surface area contributed by atoms with Gasteiger partial charge in [-0.05, 0) is 48.1 Å². The minimum atomic E-state index is -0.963. The number of rotatable bonds is 10. The average molecular weight is 566 g/mol. The van der Waals surface area contributed by atoms with Gasteiger partial charge < -0.3 is 19.2 Å². The average Bonchev–Trinajstić information content (AvgIpc) is 2.94. The molecule has 4 rings (SSSR count). The van der Waals surface area contributed by atoms with Crippen LogP contribution in [0.25, 0.3) is 11.0 Å². The van der Waals surface area contributed by atoms with Crippen molar-refractivity contribution in [3.8, 4) is 5.75 Å². The zero-order chi connectivity index (χ0) is 27.8. The summed E-state index contributed by atoms with van der Waals surface area (Å²) in [6.07, 6.45) is 1.90. The summed E-state index contributed by atoms with van der Waals surface area (Å²) in [5.74, 6) is -0.0783. The van der Waals surface area contributed by atoms with Gasteiger partial charge in [0.05, 0.1) is 5.02 Å². The number of ether oxygens (including phenoxy) is 2. The van der Waals surface area contributed by atoms with Crippen molar-refractivity contribution in [1.29, 1.82) is 0 Å². The molecule has 1 unspecified atom stereocenters. The van der Waals surface area contributed by atoms with Gasteiger partial charge >= 0.3 is 17.7 Å². The Bertz CT molecular complexity index is 1510. The third kappa shape index (κ3) is 7.43. The highest BCUT2D eigenvalue weighted by molar-refractivity contribution is 7.98. The molecule has 1 amide bonds. The number of hydrogen-bond donors (Lipinski definition) is 1. The van der Waals surface area contributed by atoms with Gasteiger partial charge in [0.15, 0.2) is 5.75 Å². The summed E-state index contributed by atoms with van der Waals surface area (Å²) in [4.78, 5) is 38.3. The molecule has 1 atom stereocenters. The molecule has 0 bridgehead atoms. The van der Waals surface area contributed by atoms with E-state index in [1.165, 1.54) is 17.8 Å². The summed E-state index contributed by atoms with van der Waals surface area (Å²) in [7, 11) is 0. The largest absolute Gasteiger partial charge is 0.445 e. The summed E-state index contributed by atoms with van der Waals surface area (Å²) in [6, 6.07) is 20.9. The lowest BCUT2D eigenvalue weighted by atomic mass is 9.99. The topological polar surface area (TPSA) is 94.8 Å². The van der Waals surface area contributed by atoms with Crippen LogP contribution in [0.4, 0.5) is 4.79 Å². The fourth-order valence-corrected chi connectivity index (χ4v) is 4.72. The number of halogens is 1. The zero-order valence-electron chi connectivity index (χ0n) is 21.6. The summed E-state index contributed by atoms with van der Waals surface area (Å²) in [6.45, 7) is 1.90. The number of aryl methyl sites for hydroxylation is 1. The van der Waals surface area contributed by atoms with Crippen LogP contribution in [0.1, 0.15) is 28.7 Å². The van der Waals surface area contributed by atoms with Crippen LogP contribution in [0.2, 0.25) is 5.02 Å². The van der Waals surface area contributed by atoms with Gasteiger partial charge in [0.25, 0.3) is 0 Å². The number of amides is 1. The van der Waals surface area contributed by atoms with Crippen LogP contribution in [-0.4, -0.2) is 30.1 Å². The molecule has 0 saturated heterocycles. The summed E-state index contributed by atoms with van der Waals surface area (Å²) >= 11 is 8.02. The smallest absolute Gasteiger partial charge is 0.408 e. The Kier molecular flexibility index (Phi) is 9.68. The van der Waals surface area contributed by atoms with Gasteiger partial charge in [-0.15, -0.1) is 0 Å². The summed E-state index contributed by atoms with van der Waals surface area (Å²) in [5, 5.41) is 3.40. The Morgan fingerprint density at radius 3 is 2.36 bits per heavy atom. The second kappa shape index (κ2) is 13.4. The molecule has 0 radical (unpaired) electrons. The zero-order valence-corrected chi connectivity index (χ0v) is 23.1. The lowest BCUT2D eigenvalue weighted by Crippen LogP contribution is -2.43. The standard InChI is InChI=1S/C30H28ClNO6S/c1-19-22-16-24(31)27(17-26(22)37-28(33)23(19)15-20-9-5-3-6-10-20)38-29(34)25(13-14-39-2)32-30(35)36-18-21-11-7-4-8-12-21/h3-12,16-17,25H,13-15,18H2,1-2H3,(H,32,35). The van der Waals surface area contributed by atoms with E-state index in [0.29, 0.717) is 29.5 Å². The SMILES string of the molecule is CSCCC(NC(=O)OCc1ccccc1)C(=O)Oc1cc2oc(=O)c(Cc3ccccc3)c(C)c2cc1Cl. The predicted octanol–water partition coefficient (Wildman–Crippen LogP) is 6.30. The molecule has 1 N–H and O–H groups in total. The minimum Gasteiger partial charge on any atom is -0.445 e. The quantitative estimate of drug-likeness (QED) is 0.137. The maximum atomic E-state index is 13.1. The van der Waals surface area contributed by atoms with Crippen molar-refractivity contribution >= 4 is 46.4 Å². The maximum absolute atomic E-state index is 13.1. The van der Waals surface area contributed by atoms with Gasteiger partial charge in [0.2, 0.25) is 0 Å². The van der Waals surface area contributed by atoms with Crippen LogP contribution >= 0.6 is 23.4 Å². The van der Waals surface area contributed by atoms with E-state index in [1.807, 2.05) is 73.8 Å². The third-order valence-corrected chi connectivity index (χ3v) is 7.11. The first-order chi connectivity index (χ1) is 18.9. The first-order valence-electron chi connectivity index (χ1n) is 12.3. The number of benzene rings is 3. The molecule has 0 aliphatic heterocycles. The fraction of sp³-hybridized carbons (Fsp3) is 0.233. The number of alkyl carbamates (subject to hydrolysis) is 1. The van der Waals surface area contributed by atoms with E-state index < -0.39 is 23.7 Å². The van der Waals surface area contributed by atoms with Gasteiger partial charge in [0, 0.05) is 23.4 Å². The Labute approximate surface area is 235 Å². The van der Waals surface area contributed by atoms with Crippen molar-refractivity contribution in [3.63, 3.8) is 0 Å². The Morgan fingerprint density at radius 1 is 1.03 bits per heavy atom. The molecule has 0 aliphatic rings. The van der Waals surface area contributed by atoms with Crippen LogP contribution in [0, 0.1) is 6.92 Å². The van der Waals surface area contributed by atoms with Crippen molar-refractivity contribution in [2.75, 3.05) is 12.0 Å². The molecular formula is C30H28ClNO6S. The molecule has 39 heavy (non-hydrogen) atoms.